The van der Waals surface area contributed by atoms with E-state index in [9.17, 15) is 9.59 Å². The normalized spacial score (nSPS) is 12.1. The van der Waals surface area contributed by atoms with Crippen LogP contribution in [0.25, 0.3) is 22.3 Å². The molecule has 1 heterocycles. The Morgan fingerprint density at radius 2 is 1.78 bits per heavy atom. The van der Waals surface area contributed by atoms with Gasteiger partial charge in [0.25, 0.3) is 5.56 Å². The number of para-hydroxylation sites is 1. The summed E-state index contributed by atoms with van der Waals surface area (Å²) in [5, 5.41) is 5.07. The molecule has 9 heteroatoms. The third-order valence-corrected chi connectivity index (χ3v) is 6.62. The topological polar surface area (TPSA) is 101 Å². The van der Waals surface area contributed by atoms with Gasteiger partial charge in [0, 0.05) is 5.56 Å². The fourth-order valence-corrected chi connectivity index (χ4v) is 4.47. The minimum atomic E-state index is -0.813. The molecule has 0 aliphatic heterocycles. The second-order valence-electron chi connectivity index (χ2n) is 9.80. The predicted molar refractivity (Wildman–Crippen MR) is 160 cm³/mol. The molecular formula is C32H35N3O6. The highest BCUT2D eigenvalue weighted by atomic mass is 16.6. The third-order valence-electron chi connectivity index (χ3n) is 6.62. The van der Waals surface area contributed by atoms with Crippen molar-refractivity contribution in [3.8, 4) is 28.6 Å². The van der Waals surface area contributed by atoms with Crippen LogP contribution in [0.3, 0.4) is 0 Å². The van der Waals surface area contributed by atoms with Crippen molar-refractivity contribution in [1.29, 1.82) is 0 Å². The van der Waals surface area contributed by atoms with Crippen molar-refractivity contribution in [2.75, 3.05) is 20.8 Å². The summed E-state index contributed by atoms with van der Waals surface area (Å²) in [6.45, 7) is 9.97. The van der Waals surface area contributed by atoms with Crippen LogP contribution in [0.15, 0.2) is 64.5 Å². The fraction of sp³-hybridized carbons (Fsp3) is 0.312. The number of hydrogen-bond acceptors (Lipinski definition) is 8. The van der Waals surface area contributed by atoms with Gasteiger partial charge in [-0.05, 0) is 85.8 Å². The molecule has 3 aromatic carbocycles. The highest BCUT2D eigenvalue weighted by Crippen LogP contribution is 2.34. The Hall–Kier alpha value is -4.66. The van der Waals surface area contributed by atoms with Crippen molar-refractivity contribution in [3.05, 3.63) is 81.6 Å². The average molecular weight is 558 g/mol. The number of benzene rings is 3. The molecule has 0 bridgehead atoms. The van der Waals surface area contributed by atoms with Crippen LogP contribution < -0.4 is 19.8 Å². The van der Waals surface area contributed by atoms with Crippen LogP contribution in [0.4, 0.5) is 0 Å². The number of aryl methyl sites for hydroxylation is 1. The lowest BCUT2D eigenvalue weighted by atomic mass is 9.96. The van der Waals surface area contributed by atoms with E-state index in [1.54, 1.807) is 50.6 Å². The molecule has 0 N–H and O–H groups in total. The van der Waals surface area contributed by atoms with E-state index in [1.807, 2.05) is 38.1 Å². The van der Waals surface area contributed by atoms with Gasteiger partial charge in [0.05, 0.1) is 37.9 Å². The zero-order valence-corrected chi connectivity index (χ0v) is 24.4. The van der Waals surface area contributed by atoms with E-state index < -0.39 is 12.1 Å². The number of rotatable bonds is 10. The molecule has 214 valence electrons. The molecule has 0 aliphatic carbocycles. The number of methoxy groups -OCH3 is 2. The third kappa shape index (κ3) is 6.24. The van der Waals surface area contributed by atoms with Gasteiger partial charge >= 0.3 is 5.97 Å². The van der Waals surface area contributed by atoms with Crippen molar-refractivity contribution in [1.82, 2.24) is 9.66 Å². The first-order valence-corrected chi connectivity index (χ1v) is 13.4. The Bertz CT molecular complexity index is 1660. The van der Waals surface area contributed by atoms with Gasteiger partial charge in [-0.2, -0.15) is 9.78 Å². The summed E-state index contributed by atoms with van der Waals surface area (Å²) in [6.07, 6.45) is 0.756. The van der Waals surface area contributed by atoms with E-state index in [0.29, 0.717) is 40.4 Å². The number of esters is 1. The molecule has 4 aromatic rings. The Kier molecular flexibility index (Phi) is 9.07. The predicted octanol–water partition coefficient (Wildman–Crippen LogP) is 5.73. The van der Waals surface area contributed by atoms with Gasteiger partial charge in [-0.3, -0.25) is 4.79 Å². The van der Waals surface area contributed by atoms with Gasteiger partial charge in [-0.15, -0.1) is 0 Å². The molecule has 0 aliphatic rings. The molecule has 9 nitrogen and oxygen atoms in total. The van der Waals surface area contributed by atoms with Crippen molar-refractivity contribution in [3.63, 3.8) is 0 Å². The smallest absolute Gasteiger partial charge is 0.346 e. The molecule has 0 spiro atoms. The molecule has 41 heavy (non-hydrogen) atoms. The van der Waals surface area contributed by atoms with Crippen molar-refractivity contribution in [2.24, 2.45) is 5.10 Å². The molecule has 0 saturated carbocycles. The summed E-state index contributed by atoms with van der Waals surface area (Å²) in [5.74, 6) is 1.72. The first-order chi connectivity index (χ1) is 19.7. The highest BCUT2D eigenvalue weighted by molar-refractivity contribution is 5.83. The lowest BCUT2D eigenvalue weighted by molar-refractivity contribution is -0.147. The van der Waals surface area contributed by atoms with Crippen LogP contribution in [0.1, 0.15) is 50.3 Å². The maximum absolute atomic E-state index is 13.7. The van der Waals surface area contributed by atoms with Crippen LogP contribution in [0.5, 0.6) is 17.2 Å². The number of ether oxygens (including phenoxy) is 4. The number of carbonyl (C=O) groups is 1. The zero-order valence-electron chi connectivity index (χ0n) is 24.4. The van der Waals surface area contributed by atoms with Gasteiger partial charge < -0.3 is 18.9 Å². The minimum Gasteiger partial charge on any atom is -0.496 e. The number of hydrogen-bond donors (Lipinski definition) is 0. The van der Waals surface area contributed by atoms with Crippen LogP contribution in [-0.2, 0) is 9.53 Å². The zero-order chi connectivity index (χ0) is 29.7. The largest absolute Gasteiger partial charge is 0.496 e. The van der Waals surface area contributed by atoms with Gasteiger partial charge in [0.1, 0.15) is 5.75 Å². The summed E-state index contributed by atoms with van der Waals surface area (Å²) in [6, 6.07) is 16.4. The standard InChI is InChI=1S/C32H35N3O6/c1-8-40-29-16-22(13-14-27(29)41-21(5)32(37)39-7)18-33-35-30(34-26-12-10-9-11-23(26)31(35)36)25-17-24(19(2)3)28(38-6)15-20(25)4/h9-19,21H,8H2,1-7H3/t21-/m0/s1. The quantitative estimate of drug-likeness (QED) is 0.181. The molecule has 0 amide bonds. The van der Waals surface area contributed by atoms with E-state index in [0.717, 1.165) is 22.4 Å². The van der Waals surface area contributed by atoms with Crippen molar-refractivity contribution in [2.45, 2.75) is 46.6 Å². The Labute approximate surface area is 239 Å². The lowest BCUT2D eigenvalue weighted by Crippen LogP contribution is -2.25. The first-order valence-electron chi connectivity index (χ1n) is 13.4. The summed E-state index contributed by atoms with van der Waals surface area (Å²) in [5.41, 5.74) is 3.64. The summed E-state index contributed by atoms with van der Waals surface area (Å²) >= 11 is 0. The number of aromatic nitrogens is 2. The lowest BCUT2D eigenvalue weighted by Gasteiger charge is -2.17. The van der Waals surface area contributed by atoms with E-state index >= 15 is 0 Å². The number of nitrogens with zero attached hydrogens (tertiary/aromatic N) is 3. The van der Waals surface area contributed by atoms with Crippen LogP contribution in [0.2, 0.25) is 0 Å². The fourth-order valence-electron chi connectivity index (χ4n) is 4.47. The number of fused-ring (bicyclic) bond motifs is 1. The van der Waals surface area contributed by atoms with Crippen LogP contribution in [-0.4, -0.2) is 48.8 Å². The number of carbonyl (C=O) groups excluding carboxylic acids is 1. The summed E-state index contributed by atoms with van der Waals surface area (Å²) in [7, 11) is 2.96. The van der Waals surface area contributed by atoms with E-state index in [2.05, 4.69) is 18.9 Å². The second-order valence-corrected chi connectivity index (χ2v) is 9.80. The van der Waals surface area contributed by atoms with Crippen LogP contribution >= 0.6 is 0 Å². The molecule has 1 aromatic heterocycles. The van der Waals surface area contributed by atoms with Crippen molar-refractivity contribution < 1.29 is 23.7 Å². The Morgan fingerprint density at radius 1 is 1.02 bits per heavy atom. The molecule has 0 radical (unpaired) electrons. The van der Waals surface area contributed by atoms with Gasteiger partial charge in [-0.25, -0.2) is 9.78 Å². The Morgan fingerprint density at radius 3 is 2.46 bits per heavy atom. The molecular weight excluding hydrogens is 522 g/mol. The molecule has 0 saturated heterocycles. The van der Waals surface area contributed by atoms with Crippen molar-refractivity contribution >= 4 is 23.1 Å². The van der Waals surface area contributed by atoms with E-state index in [4.69, 9.17) is 23.9 Å². The first kappa shape index (κ1) is 29.3. The maximum atomic E-state index is 13.7. The SMILES string of the molecule is CCOc1cc(C=Nn2c(-c3cc(C(C)C)c(OC)cc3C)nc3ccccc3c2=O)ccc1O[C@@H](C)C(=O)OC. The monoisotopic (exact) mass is 557 g/mol. The Balaban J connectivity index is 1.85. The molecule has 0 unspecified atom stereocenters. The summed E-state index contributed by atoms with van der Waals surface area (Å²) in [4.78, 5) is 30.5. The summed E-state index contributed by atoms with van der Waals surface area (Å²) < 4.78 is 23.2. The molecule has 4 rings (SSSR count). The van der Waals surface area contributed by atoms with Crippen LogP contribution in [0, 0.1) is 6.92 Å². The van der Waals surface area contributed by atoms with Gasteiger partial charge in [-0.1, -0.05) is 26.0 Å². The van der Waals surface area contributed by atoms with E-state index in [1.165, 1.54) is 11.8 Å². The minimum absolute atomic E-state index is 0.188. The second kappa shape index (κ2) is 12.7. The van der Waals surface area contributed by atoms with E-state index in [-0.39, 0.29) is 11.5 Å². The highest BCUT2D eigenvalue weighted by Gasteiger charge is 2.19. The van der Waals surface area contributed by atoms with Gasteiger partial charge in [0.2, 0.25) is 0 Å². The molecule has 1 atom stereocenters. The average Bonchev–Trinajstić information content (AvgIpc) is 2.97. The maximum Gasteiger partial charge on any atom is 0.346 e. The molecule has 0 fully saturated rings. The van der Waals surface area contributed by atoms with Gasteiger partial charge in [0.15, 0.2) is 23.4 Å².